The van der Waals surface area contributed by atoms with E-state index in [2.05, 4.69) is 106 Å². The van der Waals surface area contributed by atoms with Crippen molar-refractivity contribution in [1.29, 1.82) is 0 Å². The molecule has 0 fully saturated rings. The van der Waals surface area contributed by atoms with Crippen LogP contribution in [0.1, 0.15) is 56.0 Å². The van der Waals surface area contributed by atoms with Gasteiger partial charge >= 0.3 is 5.66 Å². The largest absolute Gasteiger partial charge is 0.393 e. The molecule has 5 heterocycles. The predicted octanol–water partition coefficient (Wildman–Crippen LogP) is 5.04. The van der Waals surface area contributed by atoms with Crippen molar-refractivity contribution in [1.82, 2.24) is 0 Å². The van der Waals surface area contributed by atoms with Crippen molar-refractivity contribution >= 4 is 0 Å². The van der Waals surface area contributed by atoms with E-state index in [0.717, 1.165) is 32.1 Å². The van der Waals surface area contributed by atoms with Crippen molar-refractivity contribution < 1.29 is 9.13 Å². The molecule has 0 N–H and O–H groups in total. The van der Waals surface area contributed by atoms with Crippen LogP contribution in [0.15, 0.2) is 97.2 Å². The Balaban J connectivity index is 1.46. The van der Waals surface area contributed by atoms with Crippen LogP contribution < -0.4 is 9.13 Å². The molecule has 3 aliphatic heterocycles. The Morgan fingerprint density at radius 2 is 1.25 bits per heavy atom. The zero-order chi connectivity index (χ0) is 23.4. The van der Waals surface area contributed by atoms with Crippen molar-refractivity contribution in [3.63, 3.8) is 0 Å². The molecule has 4 aliphatic rings. The molecule has 36 heavy (non-hydrogen) atoms. The first kappa shape index (κ1) is 19.2. The first-order valence-electron chi connectivity index (χ1n) is 13.2. The predicted molar refractivity (Wildman–Crippen MR) is 139 cm³/mol. The monoisotopic (exact) mass is 462 g/mol. The Morgan fingerprint density at radius 3 is 2.17 bits per heavy atom. The maximum Gasteiger partial charge on any atom is 0.393 e. The van der Waals surface area contributed by atoms with Crippen LogP contribution in [-0.4, -0.2) is 0 Å². The summed E-state index contributed by atoms with van der Waals surface area (Å²) in [5.41, 5.74) is 17.5. The summed E-state index contributed by atoms with van der Waals surface area (Å²) >= 11 is 0. The minimum atomic E-state index is -0.278. The summed E-state index contributed by atoms with van der Waals surface area (Å²) in [4.78, 5) is 0. The molecule has 2 heteroatoms. The highest BCUT2D eigenvalue weighted by Crippen LogP contribution is 2.47. The fourth-order valence-corrected chi connectivity index (χ4v) is 7.91. The van der Waals surface area contributed by atoms with Gasteiger partial charge in [-0.25, -0.2) is 0 Å². The fourth-order valence-electron chi connectivity index (χ4n) is 7.91. The average molecular weight is 463 g/mol. The third-order valence-corrected chi connectivity index (χ3v) is 9.23. The van der Waals surface area contributed by atoms with Gasteiger partial charge in [-0.1, -0.05) is 54.6 Å². The highest BCUT2D eigenvalue weighted by Gasteiger charge is 2.63. The topological polar surface area (TPSA) is 7.76 Å². The number of aromatic nitrogens is 2. The molecule has 0 saturated heterocycles. The van der Waals surface area contributed by atoms with Crippen LogP contribution in [0.2, 0.25) is 0 Å². The molecule has 0 bridgehead atoms. The van der Waals surface area contributed by atoms with Crippen LogP contribution in [0, 0.1) is 0 Å². The van der Waals surface area contributed by atoms with Crippen molar-refractivity contribution in [3.05, 3.63) is 153 Å². The molecule has 1 aliphatic carbocycles. The molecule has 1 unspecified atom stereocenters. The van der Waals surface area contributed by atoms with Crippen LogP contribution in [0.4, 0.5) is 0 Å². The maximum absolute atomic E-state index is 2.73. The number of fused-ring (bicyclic) bond motifs is 6. The Hall–Kier alpha value is -4.04. The molecular weight excluding hydrogens is 436 g/mol. The van der Waals surface area contributed by atoms with E-state index in [1.807, 2.05) is 0 Å². The summed E-state index contributed by atoms with van der Waals surface area (Å²) in [5, 5.41) is 0. The number of hydrogen-bond acceptors (Lipinski definition) is 0. The van der Waals surface area contributed by atoms with E-state index < -0.39 is 0 Å². The second kappa shape index (κ2) is 6.59. The molecule has 2 aromatic heterocycles. The molecule has 9 rings (SSSR count). The van der Waals surface area contributed by atoms with Gasteiger partial charge in [0.05, 0.1) is 19.3 Å². The molecule has 0 amide bonds. The Morgan fingerprint density at radius 1 is 0.528 bits per heavy atom. The smallest absolute Gasteiger partial charge is 0.134 e. The van der Waals surface area contributed by atoms with E-state index in [0.29, 0.717) is 0 Å². The van der Waals surface area contributed by atoms with Gasteiger partial charge < -0.3 is 0 Å². The standard InChI is InChI=1S/C34H26N2/c1-2-10-24-21-34-33-25(17-26-11-5-6-15-35(26)34)19-30-29-14-4-3-9-23(29)18-31(30)32(33)20-28-13-7-12-27(36(28)34)16-22(24)8-1/h1-15,19H,16-18,20-21H2/q+2. The number of hydrogen-bond donors (Lipinski definition) is 0. The summed E-state index contributed by atoms with van der Waals surface area (Å²) in [6.45, 7) is 0. The first-order chi connectivity index (χ1) is 17.8. The lowest BCUT2D eigenvalue weighted by Crippen LogP contribution is -2.80. The summed E-state index contributed by atoms with van der Waals surface area (Å²) in [6.07, 6.45) is 7.35. The van der Waals surface area contributed by atoms with Gasteiger partial charge in [-0.3, -0.25) is 0 Å². The Bertz CT molecular complexity index is 1780. The van der Waals surface area contributed by atoms with Gasteiger partial charge in [0.25, 0.3) is 0 Å². The van der Waals surface area contributed by atoms with Gasteiger partial charge in [0, 0.05) is 24.3 Å². The lowest BCUT2D eigenvalue weighted by atomic mass is 9.74. The average Bonchev–Trinajstić information content (AvgIpc) is 3.21. The molecule has 0 saturated carbocycles. The summed E-state index contributed by atoms with van der Waals surface area (Å²) < 4.78 is 5.36. The van der Waals surface area contributed by atoms with Crippen LogP contribution in [0.5, 0.6) is 0 Å². The lowest BCUT2D eigenvalue weighted by Gasteiger charge is -2.36. The number of pyridine rings is 2. The molecule has 5 aromatic rings. The summed E-state index contributed by atoms with van der Waals surface area (Å²) in [6, 6.07) is 34.5. The third kappa shape index (κ3) is 2.24. The highest BCUT2D eigenvalue weighted by atomic mass is 15.3. The molecule has 1 atom stereocenters. The number of nitrogens with zero attached hydrogens (tertiary/aromatic N) is 2. The zero-order valence-electron chi connectivity index (χ0n) is 20.2. The zero-order valence-corrected chi connectivity index (χ0v) is 20.2. The second-order valence-electron chi connectivity index (χ2n) is 10.9. The second-order valence-corrected chi connectivity index (χ2v) is 10.9. The molecule has 1 spiro atoms. The minimum Gasteiger partial charge on any atom is -0.134 e. The highest BCUT2D eigenvalue weighted by molar-refractivity contribution is 5.80. The Kier molecular flexibility index (Phi) is 3.51. The number of benzene rings is 3. The first-order valence-corrected chi connectivity index (χ1v) is 13.2. The van der Waals surface area contributed by atoms with Gasteiger partial charge in [0.15, 0.2) is 23.3 Å². The van der Waals surface area contributed by atoms with E-state index in [4.69, 9.17) is 0 Å². The molecule has 0 radical (unpaired) electrons. The van der Waals surface area contributed by atoms with Crippen LogP contribution in [0.3, 0.4) is 0 Å². The molecule has 2 nitrogen and oxygen atoms in total. The van der Waals surface area contributed by atoms with Crippen molar-refractivity contribution in [2.24, 2.45) is 0 Å². The van der Waals surface area contributed by atoms with E-state index in [1.165, 1.54) is 50.5 Å². The van der Waals surface area contributed by atoms with Crippen LogP contribution in [0.25, 0.3) is 11.1 Å². The van der Waals surface area contributed by atoms with Crippen molar-refractivity contribution in [2.75, 3.05) is 0 Å². The van der Waals surface area contributed by atoms with Gasteiger partial charge in [0.2, 0.25) is 0 Å². The van der Waals surface area contributed by atoms with E-state index in [-0.39, 0.29) is 5.66 Å². The van der Waals surface area contributed by atoms with E-state index >= 15 is 0 Å². The minimum absolute atomic E-state index is 0.278. The molecule has 3 aromatic carbocycles. The van der Waals surface area contributed by atoms with Crippen LogP contribution >= 0.6 is 0 Å². The third-order valence-electron chi connectivity index (χ3n) is 9.23. The normalized spacial score (nSPS) is 19.2. The maximum atomic E-state index is 2.73. The van der Waals surface area contributed by atoms with Gasteiger partial charge in [0.1, 0.15) is 12.0 Å². The SMILES string of the molecule is c1ccc2c(c1)Cc1cccc3[n+]1C1(C2)c2c(cc4c(c2C3)Cc2ccccc2-4)Cc2cccc[n+]21. The molecule has 170 valence electrons. The number of rotatable bonds is 0. The summed E-state index contributed by atoms with van der Waals surface area (Å²) in [5.74, 6) is 0. The Labute approximate surface area is 211 Å². The van der Waals surface area contributed by atoms with Gasteiger partial charge in [-0.05, 0) is 63.1 Å². The molecular formula is C34H26N2+2. The van der Waals surface area contributed by atoms with Crippen molar-refractivity contribution in [2.45, 2.75) is 37.8 Å². The van der Waals surface area contributed by atoms with E-state index in [1.54, 1.807) is 16.7 Å². The fraction of sp³-hybridized carbons (Fsp3) is 0.176. The van der Waals surface area contributed by atoms with Crippen molar-refractivity contribution in [3.8, 4) is 11.1 Å². The van der Waals surface area contributed by atoms with E-state index in [9.17, 15) is 0 Å². The van der Waals surface area contributed by atoms with Gasteiger partial charge in [-0.2, -0.15) is 0 Å². The quantitative estimate of drug-likeness (QED) is 0.280. The summed E-state index contributed by atoms with van der Waals surface area (Å²) in [7, 11) is 0. The van der Waals surface area contributed by atoms with Gasteiger partial charge in [-0.15, -0.1) is 9.13 Å². The lowest BCUT2D eigenvalue weighted by molar-refractivity contribution is -0.992. The van der Waals surface area contributed by atoms with Crippen LogP contribution in [-0.2, 0) is 37.8 Å².